The van der Waals surface area contributed by atoms with Crippen molar-refractivity contribution in [3.63, 3.8) is 0 Å². The summed E-state index contributed by atoms with van der Waals surface area (Å²) in [4.78, 5) is 10.7. The Morgan fingerprint density at radius 1 is 1.44 bits per heavy atom. The van der Waals surface area contributed by atoms with E-state index in [2.05, 4.69) is 4.74 Å². The van der Waals surface area contributed by atoms with Gasteiger partial charge in [-0.3, -0.25) is 4.79 Å². The molecule has 88 valence electrons. The number of aromatic hydroxyl groups is 1. The van der Waals surface area contributed by atoms with E-state index in [-0.39, 0.29) is 12.2 Å². The first-order valence-corrected chi connectivity index (χ1v) is 4.35. The zero-order chi connectivity index (χ0) is 12.3. The number of phenols is 1. The van der Waals surface area contributed by atoms with E-state index in [0.717, 1.165) is 12.1 Å². The summed E-state index contributed by atoms with van der Waals surface area (Å²) in [5.41, 5.74) is 0.430. The first-order chi connectivity index (χ1) is 7.28. The Labute approximate surface area is 89.5 Å². The van der Waals surface area contributed by atoms with E-state index < -0.39 is 17.9 Å². The van der Waals surface area contributed by atoms with E-state index in [1.165, 1.54) is 13.0 Å². The predicted octanol–water partition coefficient (Wildman–Crippen LogP) is 2.42. The zero-order valence-corrected chi connectivity index (χ0v) is 8.34. The molecule has 0 bridgehead atoms. The second-order valence-corrected chi connectivity index (χ2v) is 3.23. The van der Waals surface area contributed by atoms with Gasteiger partial charge in [-0.2, -0.15) is 0 Å². The zero-order valence-electron chi connectivity index (χ0n) is 8.34. The first-order valence-electron chi connectivity index (χ1n) is 4.35. The maximum absolute atomic E-state index is 11.8. The number of carbonyl (C=O) groups excluding carboxylic acids is 1. The lowest BCUT2D eigenvalue weighted by atomic mass is 10.1. The second-order valence-electron chi connectivity index (χ2n) is 3.23. The summed E-state index contributed by atoms with van der Waals surface area (Å²) in [5.74, 6) is -1.47. The van der Waals surface area contributed by atoms with Crippen LogP contribution in [0.2, 0.25) is 0 Å². The number of alkyl halides is 3. The van der Waals surface area contributed by atoms with Crippen LogP contribution in [0, 0.1) is 0 Å². The van der Waals surface area contributed by atoms with Gasteiger partial charge in [-0.25, -0.2) is 0 Å². The van der Waals surface area contributed by atoms with Crippen LogP contribution in [0.15, 0.2) is 18.2 Å². The average molecular weight is 234 g/mol. The van der Waals surface area contributed by atoms with Gasteiger partial charge in [0.25, 0.3) is 0 Å². The molecule has 0 unspecified atom stereocenters. The highest BCUT2D eigenvalue weighted by Gasteiger charge is 2.32. The van der Waals surface area contributed by atoms with Gasteiger partial charge >= 0.3 is 6.36 Å². The quantitative estimate of drug-likeness (QED) is 0.873. The molecule has 1 aromatic carbocycles. The van der Waals surface area contributed by atoms with Gasteiger partial charge in [0.2, 0.25) is 0 Å². The highest BCUT2D eigenvalue weighted by Crippen LogP contribution is 2.31. The Morgan fingerprint density at radius 3 is 2.50 bits per heavy atom. The molecule has 0 aromatic heterocycles. The van der Waals surface area contributed by atoms with E-state index in [4.69, 9.17) is 0 Å². The molecular weight excluding hydrogens is 225 g/mol. The van der Waals surface area contributed by atoms with Crippen molar-refractivity contribution >= 4 is 5.78 Å². The molecule has 3 nitrogen and oxygen atoms in total. The number of halogens is 3. The van der Waals surface area contributed by atoms with Crippen LogP contribution in [0.5, 0.6) is 11.5 Å². The van der Waals surface area contributed by atoms with Crippen molar-refractivity contribution in [3.8, 4) is 11.5 Å². The van der Waals surface area contributed by atoms with E-state index in [9.17, 15) is 23.1 Å². The Hall–Kier alpha value is -1.72. The van der Waals surface area contributed by atoms with Crippen molar-refractivity contribution in [1.29, 1.82) is 0 Å². The normalized spacial score (nSPS) is 11.2. The van der Waals surface area contributed by atoms with Gasteiger partial charge < -0.3 is 9.84 Å². The van der Waals surface area contributed by atoms with Crippen molar-refractivity contribution in [1.82, 2.24) is 0 Å². The molecule has 6 heteroatoms. The predicted molar refractivity (Wildman–Crippen MR) is 49.2 cm³/mol. The van der Waals surface area contributed by atoms with Gasteiger partial charge in [-0.1, -0.05) is 6.07 Å². The minimum Gasteiger partial charge on any atom is -0.504 e. The second kappa shape index (κ2) is 4.42. The van der Waals surface area contributed by atoms with Crippen LogP contribution >= 0.6 is 0 Å². The van der Waals surface area contributed by atoms with Crippen LogP contribution < -0.4 is 4.74 Å². The third-order valence-electron chi connectivity index (χ3n) is 1.70. The van der Waals surface area contributed by atoms with E-state index >= 15 is 0 Å². The maximum atomic E-state index is 11.8. The summed E-state index contributed by atoms with van der Waals surface area (Å²) in [6.07, 6.45) is -4.79. The standard InChI is InChI=1S/C10H9F3O3/c1-6(14)4-7-2-3-9(8(15)5-7)16-10(11,12)13/h2-3,5,15H,4H2,1H3. The van der Waals surface area contributed by atoms with Crippen molar-refractivity contribution in [2.24, 2.45) is 0 Å². The molecule has 1 rings (SSSR count). The summed E-state index contributed by atoms with van der Waals surface area (Å²) in [6, 6.07) is 3.34. The molecule has 0 saturated carbocycles. The molecule has 1 N–H and O–H groups in total. The lowest BCUT2D eigenvalue weighted by Crippen LogP contribution is -2.17. The smallest absolute Gasteiger partial charge is 0.504 e. The maximum Gasteiger partial charge on any atom is 0.573 e. The molecule has 0 heterocycles. The Kier molecular flexibility index (Phi) is 3.41. The fourth-order valence-electron chi connectivity index (χ4n) is 1.17. The number of Topliss-reactive ketones (excluding diaryl/α,β-unsaturated/α-hetero) is 1. The van der Waals surface area contributed by atoms with Gasteiger partial charge in [-0.15, -0.1) is 13.2 Å². The van der Waals surface area contributed by atoms with Crippen LogP contribution in [0.3, 0.4) is 0 Å². The van der Waals surface area contributed by atoms with Gasteiger partial charge in [0, 0.05) is 6.42 Å². The van der Waals surface area contributed by atoms with Crippen LogP contribution in [-0.4, -0.2) is 17.3 Å². The molecule has 0 spiro atoms. The topological polar surface area (TPSA) is 46.5 Å². The molecule has 0 aliphatic rings. The molecule has 0 aliphatic carbocycles. The molecule has 1 aromatic rings. The largest absolute Gasteiger partial charge is 0.573 e. The highest BCUT2D eigenvalue weighted by atomic mass is 19.4. The van der Waals surface area contributed by atoms with Gasteiger partial charge in [0.05, 0.1) is 0 Å². The number of ether oxygens (including phenoxy) is 1. The van der Waals surface area contributed by atoms with E-state index in [0.29, 0.717) is 5.56 Å². The third kappa shape index (κ3) is 3.80. The molecule has 0 amide bonds. The minimum absolute atomic E-state index is 0.0554. The molecular formula is C10H9F3O3. The fraction of sp³-hybridized carbons (Fsp3) is 0.300. The monoisotopic (exact) mass is 234 g/mol. The van der Waals surface area contributed by atoms with Crippen LogP contribution in [-0.2, 0) is 11.2 Å². The fourth-order valence-corrected chi connectivity index (χ4v) is 1.17. The number of ketones is 1. The summed E-state index contributed by atoms with van der Waals surface area (Å²) in [5, 5.41) is 9.23. The number of phenolic OH excluding ortho intramolecular Hbond substituents is 1. The number of carbonyl (C=O) groups is 1. The SMILES string of the molecule is CC(=O)Cc1ccc(OC(F)(F)F)c(O)c1. The van der Waals surface area contributed by atoms with E-state index in [1.807, 2.05) is 0 Å². The number of hydrogen-bond acceptors (Lipinski definition) is 3. The lowest BCUT2D eigenvalue weighted by Gasteiger charge is -2.10. The van der Waals surface area contributed by atoms with Crippen molar-refractivity contribution in [3.05, 3.63) is 23.8 Å². The molecule has 16 heavy (non-hydrogen) atoms. The average Bonchev–Trinajstić information content (AvgIpc) is 2.06. The van der Waals surface area contributed by atoms with Crippen molar-refractivity contribution in [2.75, 3.05) is 0 Å². The number of benzene rings is 1. The Bertz CT molecular complexity index is 399. The first kappa shape index (κ1) is 12.4. The summed E-state index contributed by atoms with van der Waals surface area (Å²) < 4.78 is 39.1. The Morgan fingerprint density at radius 2 is 2.06 bits per heavy atom. The van der Waals surface area contributed by atoms with Crippen LogP contribution in [0.4, 0.5) is 13.2 Å². The molecule has 0 saturated heterocycles. The minimum atomic E-state index is -4.85. The van der Waals surface area contributed by atoms with E-state index in [1.54, 1.807) is 0 Å². The van der Waals surface area contributed by atoms with Gasteiger partial charge in [0.15, 0.2) is 11.5 Å². The van der Waals surface area contributed by atoms with Crippen molar-refractivity contribution < 1.29 is 27.8 Å². The molecule has 0 aliphatic heterocycles. The van der Waals surface area contributed by atoms with Crippen LogP contribution in [0.25, 0.3) is 0 Å². The Balaban J connectivity index is 2.87. The molecule has 0 fully saturated rings. The van der Waals surface area contributed by atoms with Gasteiger partial charge in [0.1, 0.15) is 5.78 Å². The highest BCUT2D eigenvalue weighted by molar-refractivity contribution is 5.78. The lowest BCUT2D eigenvalue weighted by molar-refractivity contribution is -0.275. The summed E-state index contributed by atoms with van der Waals surface area (Å²) in [7, 11) is 0. The number of rotatable bonds is 3. The summed E-state index contributed by atoms with van der Waals surface area (Å²) in [6.45, 7) is 1.34. The number of hydrogen-bond donors (Lipinski definition) is 1. The van der Waals surface area contributed by atoms with Crippen molar-refractivity contribution in [2.45, 2.75) is 19.7 Å². The van der Waals surface area contributed by atoms with Crippen LogP contribution in [0.1, 0.15) is 12.5 Å². The third-order valence-corrected chi connectivity index (χ3v) is 1.70. The summed E-state index contributed by atoms with van der Waals surface area (Å²) >= 11 is 0. The van der Waals surface area contributed by atoms with Gasteiger partial charge in [-0.05, 0) is 24.6 Å². The molecule has 0 radical (unpaired) electrons. The molecule has 0 atom stereocenters.